The zero-order valence-corrected chi connectivity index (χ0v) is 18.8. The van der Waals surface area contributed by atoms with Crippen molar-refractivity contribution in [3.8, 4) is 0 Å². The second-order valence-electron chi connectivity index (χ2n) is 9.01. The Morgan fingerprint density at radius 3 is 2.54 bits per heavy atom. The smallest absolute Gasteiger partial charge is 0.329 e. The van der Waals surface area contributed by atoms with Crippen molar-refractivity contribution in [2.24, 2.45) is 11.3 Å². The van der Waals surface area contributed by atoms with Crippen molar-refractivity contribution < 1.29 is 14.3 Å². The molecule has 1 saturated heterocycles. The maximum Gasteiger partial charge on any atom is 0.329 e. The van der Waals surface area contributed by atoms with Crippen molar-refractivity contribution >= 4 is 23.6 Å². The van der Waals surface area contributed by atoms with Crippen molar-refractivity contribution in [3.63, 3.8) is 0 Å². The highest BCUT2D eigenvalue weighted by Gasteiger charge is 2.43. The lowest BCUT2D eigenvalue weighted by atomic mass is 9.84. The van der Waals surface area contributed by atoms with Gasteiger partial charge in [0.2, 0.25) is 5.91 Å². The average Bonchev–Trinajstić information content (AvgIpc) is 3.06. The van der Waals surface area contributed by atoms with Gasteiger partial charge in [-0.05, 0) is 29.7 Å². The molecule has 0 bridgehead atoms. The zero-order chi connectivity index (χ0) is 20.7. The van der Waals surface area contributed by atoms with E-state index in [4.69, 9.17) is 4.74 Å². The summed E-state index contributed by atoms with van der Waals surface area (Å²) in [6.45, 7) is 11.2. The van der Waals surface area contributed by atoms with Crippen LogP contribution in [0.4, 0.5) is 0 Å². The molecule has 0 spiro atoms. The van der Waals surface area contributed by atoms with Crippen LogP contribution in [0.2, 0.25) is 0 Å². The molecule has 1 amide bonds. The Kier molecular flexibility index (Phi) is 8.41. The van der Waals surface area contributed by atoms with Crippen LogP contribution >= 0.6 is 11.8 Å². The number of rotatable bonds is 8. The van der Waals surface area contributed by atoms with E-state index in [9.17, 15) is 9.59 Å². The number of esters is 1. The summed E-state index contributed by atoms with van der Waals surface area (Å²) in [5.41, 5.74) is 1.24. The lowest BCUT2D eigenvalue weighted by Crippen LogP contribution is -2.44. The van der Waals surface area contributed by atoms with Gasteiger partial charge in [-0.25, -0.2) is 4.79 Å². The van der Waals surface area contributed by atoms with Gasteiger partial charge in [0.1, 0.15) is 11.4 Å². The third kappa shape index (κ3) is 6.54. The zero-order valence-electron chi connectivity index (χ0n) is 17.9. The van der Waals surface area contributed by atoms with E-state index in [2.05, 4.69) is 34.6 Å². The quantitative estimate of drug-likeness (QED) is 0.427. The van der Waals surface area contributed by atoms with E-state index < -0.39 is 6.04 Å². The van der Waals surface area contributed by atoms with Crippen molar-refractivity contribution in [3.05, 3.63) is 35.9 Å². The Hall–Kier alpha value is -1.49. The Morgan fingerprint density at radius 2 is 1.93 bits per heavy atom. The molecule has 0 aromatic heterocycles. The van der Waals surface area contributed by atoms with Crippen LogP contribution in [0.1, 0.15) is 71.2 Å². The van der Waals surface area contributed by atoms with Crippen LogP contribution in [0.25, 0.3) is 0 Å². The number of unbranched alkanes of at least 4 members (excludes halogenated alkanes) is 1. The molecule has 1 aromatic rings. The van der Waals surface area contributed by atoms with Gasteiger partial charge < -0.3 is 9.64 Å². The summed E-state index contributed by atoms with van der Waals surface area (Å²) < 4.78 is 5.47. The monoisotopic (exact) mass is 405 g/mol. The lowest BCUT2D eigenvalue weighted by molar-refractivity contribution is -0.154. The molecule has 1 fully saturated rings. The van der Waals surface area contributed by atoms with E-state index in [1.54, 1.807) is 16.7 Å². The molecule has 5 heteroatoms. The van der Waals surface area contributed by atoms with E-state index in [-0.39, 0.29) is 28.6 Å². The number of carbonyl (C=O) groups is 2. The Labute approximate surface area is 174 Å². The molecular weight excluding hydrogens is 370 g/mol. The van der Waals surface area contributed by atoms with Crippen molar-refractivity contribution in [1.29, 1.82) is 0 Å². The minimum Gasteiger partial charge on any atom is -0.464 e. The number of amides is 1. The Bertz CT molecular complexity index is 641. The number of carbonyl (C=O) groups excluding carboxylic acids is 2. The molecule has 156 valence electrons. The topological polar surface area (TPSA) is 46.6 Å². The first-order chi connectivity index (χ1) is 13.2. The first kappa shape index (κ1) is 22.8. The summed E-state index contributed by atoms with van der Waals surface area (Å²) in [6, 6.07) is 9.49. The summed E-state index contributed by atoms with van der Waals surface area (Å²) >= 11 is 1.65. The fourth-order valence-electron chi connectivity index (χ4n) is 3.80. The van der Waals surface area contributed by atoms with Crippen molar-refractivity contribution in [2.75, 3.05) is 12.4 Å². The third-order valence-corrected chi connectivity index (χ3v) is 6.19. The molecule has 1 aliphatic rings. The van der Waals surface area contributed by atoms with Crippen LogP contribution in [0, 0.1) is 11.3 Å². The molecule has 2 rings (SSSR count). The summed E-state index contributed by atoms with van der Waals surface area (Å²) in [5.74, 6) is 0.639. The van der Waals surface area contributed by atoms with Gasteiger partial charge in [0.15, 0.2) is 0 Å². The molecular formula is C23H35NO3S. The number of nitrogens with zero attached hydrogens (tertiary/aromatic N) is 1. The van der Waals surface area contributed by atoms with Gasteiger partial charge in [-0.1, -0.05) is 71.4 Å². The van der Waals surface area contributed by atoms with Crippen LogP contribution in [-0.2, 0) is 14.3 Å². The van der Waals surface area contributed by atoms with Crippen LogP contribution < -0.4 is 0 Å². The normalized spacial score (nSPS) is 20.8. The Morgan fingerprint density at radius 1 is 1.25 bits per heavy atom. The van der Waals surface area contributed by atoms with E-state index in [0.717, 1.165) is 24.8 Å². The first-order valence-electron chi connectivity index (χ1n) is 10.4. The van der Waals surface area contributed by atoms with Gasteiger partial charge in [-0.15, -0.1) is 11.8 Å². The highest BCUT2D eigenvalue weighted by Crippen LogP contribution is 2.42. The van der Waals surface area contributed by atoms with Crippen LogP contribution in [-0.4, -0.2) is 35.2 Å². The molecule has 1 aromatic carbocycles. The van der Waals surface area contributed by atoms with Gasteiger partial charge in [0, 0.05) is 12.2 Å². The molecule has 0 radical (unpaired) electrons. The molecule has 1 heterocycles. The number of hydrogen-bond donors (Lipinski definition) is 0. The number of ether oxygens (including phenoxy) is 1. The molecule has 28 heavy (non-hydrogen) atoms. The second-order valence-corrected chi connectivity index (χ2v) is 10.1. The lowest BCUT2D eigenvalue weighted by Gasteiger charge is -2.31. The van der Waals surface area contributed by atoms with Gasteiger partial charge >= 0.3 is 5.97 Å². The number of benzene rings is 1. The predicted molar refractivity (Wildman–Crippen MR) is 116 cm³/mol. The van der Waals surface area contributed by atoms with E-state index in [1.807, 2.05) is 30.3 Å². The average molecular weight is 406 g/mol. The van der Waals surface area contributed by atoms with Gasteiger partial charge in [-0.2, -0.15) is 0 Å². The summed E-state index contributed by atoms with van der Waals surface area (Å²) in [7, 11) is 0. The minimum atomic E-state index is -0.499. The van der Waals surface area contributed by atoms with E-state index >= 15 is 0 Å². The fourth-order valence-corrected chi connectivity index (χ4v) is 5.24. The maximum atomic E-state index is 13.3. The number of hydrogen-bond acceptors (Lipinski definition) is 4. The summed E-state index contributed by atoms with van der Waals surface area (Å²) in [4.78, 5) is 27.8. The molecule has 0 saturated carbocycles. The van der Waals surface area contributed by atoms with E-state index in [1.165, 1.54) is 0 Å². The number of thioether (sulfide) groups is 1. The minimum absolute atomic E-state index is 0.0491. The second kappa shape index (κ2) is 10.3. The molecule has 4 nitrogen and oxygen atoms in total. The molecule has 0 N–H and O–H groups in total. The van der Waals surface area contributed by atoms with Gasteiger partial charge in [-0.3, -0.25) is 4.79 Å². The van der Waals surface area contributed by atoms with E-state index in [0.29, 0.717) is 18.8 Å². The highest BCUT2D eigenvalue weighted by molar-refractivity contribution is 7.99. The Balaban J connectivity index is 2.16. The molecule has 0 aliphatic carbocycles. The third-order valence-electron chi connectivity index (χ3n) is 4.87. The van der Waals surface area contributed by atoms with Gasteiger partial charge in [0.05, 0.1) is 6.61 Å². The summed E-state index contributed by atoms with van der Waals surface area (Å²) in [5, 5.41) is -0.126. The van der Waals surface area contributed by atoms with Crippen LogP contribution in [0.15, 0.2) is 30.3 Å². The molecule has 3 unspecified atom stereocenters. The fraction of sp³-hybridized carbons (Fsp3) is 0.652. The van der Waals surface area contributed by atoms with Gasteiger partial charge in [0.25, 0.3) is 0 Å². The molecule has 3 atom stereocenters. The van der Waals surface area contributed by atoms with Crippen molar-refractivity contribution in [2.45, 2.75) is 71.7 Å². The maximum absolute atomic E-state index is 13.3. The predicted octanol–water partition coefficient (Wildman–Crippen LogP) is 5.43. The van der Waals surface area contributed by atoms with Crippen LogP contribution in [0.5, 0.6) is 0 Å². The van der Waals surface area contributed by atoms with Crippen LogP contribution in [0.3, 0.4) is 0 Å². The standard InChI is InChI=1S/C23H35NO3S/c1-6-7-13-27-22(26)19-16-28-21(18-11-9-8-10-12-18)24(19)20(25)14-17(2)15-23(3,4)5/h8-12,17,19,21H,6-7,13-16H2,1-5H3. The SMILES string of the molecule is CCCCOC(=O)C1CSC(c2ccccc2)N1C(=O)CC(C)CC(C)(C)C. The molecule has 1 aliphatic heterocycles. The largest absolute Gasteiger partial charge is 0.464 e. The highest BCUT2D eigenvalue weighted by atomic mass is 32.2. The first-order valence-corrected chi connectivity index (χ1v) is 11.4. The van der Waals surface area contributed by atoms with Crippen molar-refractivity contribution in [1.82, 2.24) is 4.90 Å². The summed E-state index contributed by atoms with van der Waals surface area (Å²) in [6.07, 6.45) is 3.26.